The number of piperazine rings is 1. The summed E-state index contributed by atoms with van der Waals surface area (Å²) in [5.41, 5.74) is 0. The van der Waals surface area contributed by atoms with Crippen molar-refractivity contribution in [2.75, 3.05) is 44.2 Å². The van der Waals surface area contributed by atoms with Crippen molar-refractivity contribution in [2.24, 2.45) is 5.92 Å². The van der Waals surface area contributed by atoms with E-state index in [1.807, 2.05) is 35.2 Å². The SMILES string of the molecule is O=C(C1CCN(c2ncncn2)CC1)N1CCN(S(=O)(=O)c2ccc3ccccc3c2)CC1. The van der Waals surface area contributed by atoms with Crippen LogP contribution in [0.2, 0.25) is 0 Å². The number of hydrogen-bond donors (Lipinski definition) is 0. The Morgan fingerprint density at radius 1 is 0.848 bits per heavy atom. The van der Waals surface area contributed by atoms with Crippen LogP contribution in [0.3, 0.4) is 0 Å². The van der Waals surface area contributed by atoms with Gasteiger partial charge in [0.15, 0.2) is 0 Å². The Hall–Kier alpha value is -3.11. The average molecular weight is 467 g/mol. The van der Waals surface area contributed by atoms with E-state index < -0.39 is 10.0 Å². The lowest BCUT2D eigenvalue weighted by atomic mass is 9.95. The van der Waals surface area contributed by atoms with Gasteiger partial charge in [-0.3, -0.25) is 4.79 Å². The van der Waals surface area contributed by atoms with Gasteiger partial charge in [-0.1, -0.05) is 30.3 Å². The molecular weight excluding hydrogens is 440 g/mol. The normalized spacial score (nSPS) is 18.5. The molecule has 2 aliphatic heterocycles. The lowest BCUT2D eigenvalue weighted by Gasteiger charge is -2.38. The molecule has 0 bridgehead atoms. The molecule has 0 unspecified atom stereocenters. The molecule has 9 nitrogen and oxygen atoms in total. The van der Waals surface area contributed by atoms with Crippen LogP contribution in [0.15, 0.2) is 60.0 Å². The maximum absolute atomic E-state index is 13.2. The molecule has 10 heteroatoms. The molecule has 0 saturated carbocycles. The Kier molecular flexibility index (Phi) is 5.94. The van der Waals surface area contributed by atoms with Crippen molar-refractivity contribution in [3.8, 4) is 0 Å². The van der Waals surface area contributed by atoms with Crippen molar-refractivity contribution in [3.05, 3.63) is 55.1 Å². The molecule has 0 spiro atoms. The van der Waals surface area contributed by atoms with Gasteiger partial charge in [0.05, 0.1) is 4.90 Å². The van der Waals surface area contributed by atoms with Crippen LogP contribution >= 0.6 is 0 Å². The summed E-state index contributed by atoms with van der Waals surface area (Å²) in [6, 6.07) is 12.9. The molecule has 3 heterocycles. The number of nitrogens with zero attached hydrogens (tertiary/aromatic N) is 6. The summed E-state index contributed by atoms with van der Waals surface area (Å²) in [6.07, 6.45) is 4.43. The number of carbonyl (C=O) groups excluding carboxylic acids is 1. The fraction of sp³-hybridized carbons (Fsp3) is 0.391. The number of anilines is 1. The molecular formula is C23H26N6O3S. The second-order valence-corrected chi connectivity index (χ2v) is 10.4. The van der Waals surface area contributed by atoms with E-state index >= 15 is 0 Å². The van der Waals surface area contributed by atoms with Crippen molar-refractivity contribution < 1.29 is 13.2 Å². The predicted octanol–water partition coefficient (Wildman–Crippen LogP) is 1.77. The third-order valence-corrected chi connectivity index (χ3v) is 8.41. The summed E-state index contributed by atoms with van der Waals surface area (Å²) in [5, 5.41) is 1.91. The van der Waals surface area contributed by atoms with E-state index in [1.54, 1.807) is 12.1 Å². The Morgan fingerprint density at radius 2 is 1.52 bits per heavy atom. The molecule has 2 saturated heterocycles. The van der Waals surface area contributed by atoms with Gasteiger partial charge in [0.2, 0.25) is 21.9 Å². The van der Waals surface area contributed by atoms with E-state index in [2.05, 4.69) is 19.9 Å². The lowest BCUT2D eigenvalue weighted by Crippen LogP contribution is -2.52. The smallest absolute Gasteiger partial charge is 0.243 e. The first-order valence-corrected chi connectivity index (χ1v) is 12.6. The zero-order valence-corrected chi connectivity index (χ0v) is 19.1. The molecule has 1 aromatic heterocycles. The van der Waals surface area contributed by atoms with Crippen LogP contribution in [0.1, 0.15) is 12.8 Å². The molecule has 3 aromatic rings. The minimum atomic E-state index is -3.60. The zero-order valence-electron chi connectivity index (χ0n) is 18.2. The first-order chi connectivity index (χ1) is 16.0. The van der Waals surface area contributed by atoms with Crippen molar-refractivity contribution in [1.29, 1.82) is 0 Å². The van der Waals surface area contributed by atoms with Gasteiger partial charge in [0, 0.05) is 45.2 Å². The number of benzene rings is 2. The quantitative estimate of drug-likeness (QED) is 0.578. The second-order valence-electron chi connectivity index (χ2n) is 8.44. The Bertz CT molecular complexity index is 1240. The van der Waals surface area contributed by atoms with E-state index in [1.165, 1.54) is 17.0 Å². The Balaban J connectivity index is 1.18. The van der Waals surface area contributed by atoms with Gasteiger partial charge in [-0.2, -0.15) is 4.31 Å². The molecule has 0 aliphatic carbocycles. The van der Waals surface area contributed by atoms with Gasteiger partial charge in [-0.15, -0.1) is 0 Å². The number of rotatable bonds is 4. The highest BCUT2D eigenvalue weighted by atomic mass is 32.2. The molecule has 2 aromatic carbocycles. The van der Waals surface area contributed by atoms with Crippen LogP contribution in [0.4, 0.5) is 5.95 Å². The van der Waals surface area contributed by atoms with E-state index in [0.29, 0.717) is 37.0 Å². The molecule has 2 aliphatic rings. The Labute approximate surface area is 193 Å². The maximum atomic E-state index is 13.2. The maximum Gasteiger partial charge on any atom is 0.243 e. The van der Waals surface area contributed by atoms with Gasteiger partial charge >= 0.3 is 0 Å². The van der Waals surface area contributed by atoms with Crippen LogP contribution in [-0.2, 0) is 14.8 Å². The molecule has 0 radical (unpaired) electrons. The van der Waals surface area contributed by atoms with Crippen molar-refractivity contribution in [1.82, 2.24) is 24.2 Å². The minimum absolute atomic E-state index is 0.0493. The summed E-state index contributed by atoms with van der Waals surface area (Å²) >= 11 is 0. The number of aromatic nitrogens is 3. The zero-order chi connectivity index (χ0) is 22.8. The van der Waals surface area contributed by atoms with Crippen LogP contribution in [0, 0.1) is 5.92 Å². The summed E-state index contributed by atoms with van der Waals surface area (Å²) in [5.74, 6) is 0.711. The number of sulfonamides is 1. The highest BCUT2D eigenvalue weighted by Crippen LogP contribution is 2.25. The highest BCUT2D eigenvalue weighted by molar-refractivity contribution is 7.89. The number of piperidine rings is 1. The molecule has 33 heavy (non-hydrogen) atoms. The number of fused-ring (bicyclic) bond motifs is 1. The standard InChI is InChI=1S/C23H26N6O3S/c30-22(19-7-9-28(10-8-19)23-25-16-24-17-26-23)27-11-13-29(14-12-27)33(31,32)21-6-5-18-3-1-2-4-20(18)15-21/h1-6,15-17,19H,7-14H2. The van der Waals surface area contributed by atoms with Gasteiger partial charge in [-0.25, -0.2) is 23.4 Å². The van der Waals surface area contributed by atoms with E-state index in [9.17, 15) is 13.2 Å². The van der Waals surface area contributed by atoms with Gasteiger partial charge in [0.25, 0.3) is 0 Å². The monoisotopic (exact) mass is 466 g/mol. The van der Waals surface area contributed by atoms with E-state index in [4.69, 9.17) is 0 Å². The van der Waals surface area contributed by atoms with Crippen molar-refractivity contribution in [3.63, 3.8) is 0 Å². The van der Waals surface area contributed by atoms with E-state index in [-0.39, 0.29) is 11.8 Å². The minimum Gasteiger partial charge on any atom is -0.341 e. The van der Waals surface area contributed by atoms with Gasteiger partial charge < -0.3 is 9.80 Å². The molecule has 5 rings (SSSR count). The summed E-state index contributed by atoms with van der Waals surface area (Å²) in [7, 11) is -3.60. The van der Waals surface area contributed by atoms with Gasteiger partial charge in [0.1, 0.15) is 12.7 Å². The highest BCUT2D eigenvalue weighted by Gasteiger charge is 2.34. The van der Waals surface area contributed by atoms with Crippen LogP contribution < -0.4 is 4.90 Å². The third-order valence-electron chi connectivity index (χ3n) is 6.52. The number of amides is 1. The number of hydrogen-bond acceptors (Lipinski definition) is 7. The van der Waals surface area contributed by atoms with Crippen LogP contribution in [0.25, 0.3) is 10.8 Å². The Morgan fingerprint density at radius 3 is 2.21 bits per heavy atom. The largest absolute Gasteiger partial charge is 0.341 e. The fourth-order valence-corrected chi connectivity index (χ4v) is 6.06. The molecule has 2 fully saturated rings. The summed E-state index contributed by atoms with van der Waals surface area (Å²) in [6.45, 7) is 2.89. The van der Waals surface area contributed by atoms with Crippen molar-refractivity contribution >= 4 is 32.7 Å². The molecule has 1 amide bonds. The number of carbonyl (C=O) groups is 1. The first kappa shape index (κ1) is 21.7. The van der Waals surface area contributed by atoms with Crippen LogP contribution in [0.5, 0.6) is 0 Å². The molecule has 172 valence electrons. The predicted molar refractivity (Wildman–Crippen MR) is 124 cm³/mol. The average Bonchev–Trinajstić information content (AvgIpc) is 2.88. The summed E-state index contributed by atoms with van der Waals surface area (Å²) in [4.78, 5) is 29.5. The summed E-state index contributed by atoms with van der Waals surface area (Å²) < 4.78 is 27.9. The second kappa shape index (κ2) is 9.03. The lowest BCUT2D eigenvalue weighted by molar-refractivity contribution is -0.137. The molecule has 0 N–H and O–H groups in total. The molecule has 0 atom stereocenters. The van der Waals surface area contributed by atoms with E-state index in [0.717, 1.165) is 36.7 Å². The van der Waals surface area contributed by atoms with Crippen LogP contribution in [-0.4, -0.2) is 77.8 Å². The first-order valence-electron chi connectivity index (χ1n) is 11.2. The van der Waals surface area contributed by atoms with Gasteiger partial charge in [-0.05, 0) is 35.7 Å². The fourth-order valence-electron chi connectivity index (χ4n) is 4.61. The van der Waals surface area contributed by atoms with Crippen molar-refractivity contribution in [2.45, 2.75) is 17.7 Å². The topological polar surface area (TPSA) is 99.6 Å². The third kappa shape index (κ3) is 4.40.